The number of hydrogen-bond acceptors (Lipinski definition) is 3. The standard InChI is InChI=1S/C18H19Br2ClN4S/c19-14-10-22-16(15(20)24-14)25-17(26)23-11-18(8-2-1-3-9-18)12-4-6-13(21)7-5-12/h4-7,10H,1-3,8-9,11H2,(H2,22,23,25,26). The minimum atomic E-state index is 0.0806. The number of hydrogen-bond donors (Lipinski definition) is 2. The molecule has 26 heavy (non-hydrogen) atoms. The third-order valence-electron chi connectivity index (χ3n) is 4.79. The Kier molecular flexibility index (Phi) is 6.88. The Labute approximate surface area is 180 Å². The minimum absolute atomic E-state index is 0.0806. The van der Waals surface area contributed by atoms with Crippen LogP contribution in [0.5, 0.6) is 0 Å². The summed E-state index contributed by atoms with van der Waals surface area (Å²) in [4.78, 5) is 8.54. The van der Waals surface area contributed by atoms with Crippen molar-refractivity contribution in [2.24, 2.45) is 0 Å². The first-order chi connectivity index (χ1) is 12.5. The second-order valence-electron chi connectivity index (χ2n) is 6.49. The van der Waals surface area contributed by atoms with Crippen LogP contribution in [0.1, 0.15) is 37.7 Å². The molecule has 1 aromatic carbocycles. The predicted octanol–water partition coefficient (Wildman–Crippen LogP) is 5.84. The second kappa shape index (κ2) is 8.95. The molecular formula is C18H19Br2ClN4S. The molecular weight excluding hydrogens is 500 g/mol. The molecule has 8 heteroatoms. The van der Waals surface area contributed by atoms with Gasteiger partial charge in [0, 0.05) is 17.0 Å². The molecule has 1 aliphatic carbocycles. The van der Waals surface area contributed by atoms with Crippen LogP contribution in [-0.2, 0) is 5.41 Å². The second-order valence-corrected chi connectivity index (χ2v) is 8.90. The van der Waals surface area contributed by atoms with E-state index >= 15 is 0 Å². The van der Waals surface area contributed by atoms with Gasteiger partial charge in [0.05, 0.1) is 6.20 Å². The van der Waals surface area contributed by atoms with Crippen LogP contribution in [0.2, 0.25) is 5.02 Å². The maximum atomic E-state index is 6.07. The average Bonchev–Trinajstić information content (AvgIpc) is 2.64. The van der Waals surface area contributed by atoms with Gasteiger partial charge < -0.3 is 10.6 Å². The molecule has 0 radical (unpaired) electrons. The van der Waals surface area contributed by atoms with Crippen molar-refractivity contribution in [1.29, 1.82) is 0 Å². The molecule has 3 rings (SSSR count). The number of thiocarbonyl (C=S) groups is 1. The van der Waals surface area contributed by atoms with Crippen molar-refractivity contribution < 1.29 is 0 Å². The van der Waals surface area contributed by atoms with Crippen LogP contribution in [0.3, 0.4) is 0 Å². The van der Waals surface area contributed by atoms with Gasteiger partial charge in [0.2, 0.25) is 0 Å². The molecule has 0 aliphatic heterocycles. The van der Waals surface area contributed by atoms with E-state index in [2.05, 4.69) is 64.6 Å². The van der Waals surface area contributed by atoms with Gasteiger partial charge in [0.15, 0.2) is 10.9 Å². The summed E-state index contributed by atoms with van der Waals surface area (Å²) in [6, 6.07) is 8.22. The number of benzene rings is 1. The fourth-order valence-electron chi connectivity index (χ4n) is 3.43. The normalized spacial score (nSPS) is 16.1. The lowest BCUT2D eigenvalue weighted by Crippen LogP contribution is -2.43. The molecule has 1 heterocycles. The van der Waals surface area contributed by atoms with Gasteiger partial charge in [-0.2, -0.15) is 0 Å². The van der Waals surface area contributed by atoms with Crippen LogP contribution in [0, 0.1) is 0 Å². The van der Waals surface area contributed by atoms with E-state index in [1.165, 1.54) is 24.8 Å². The number of rotatable bonds is 4. The summed E-state index contributed by atoms with van der Waals surface area (Å²) in [5.74, 6) is 0.592. The molecule has 0 bridgehead atoms. The molecule has 0 unspecified atom stereocenters. The number of nitrogens with zero attached hydrogens (tertiary/aromatic N) is 2. The molecule has 1 saturated carbocycles. The monoisotopic (exact) mass is 516 g/mol. The minimum Gasteiger partial charge on any atom is -0.362 e. The number of anilines is 1. The lowest BCUT2D eigenvalue weighted by Gasteiger charge is -2.38. The van der Waals surface area contributed by atoms with Crippen LogP contribution < -0.4 is 10.6 Å². The van der Waals surface area contributed by atoms with E-state index in [1.807, 2.05) is 12.1 Å². The quantitative estimate of drug-likeness (QED) is 0.498. The van der Waals surface area contributed by atoms with Gasteiger partial charge in [-0.15, -0.1) is 0 Å². The Morgan fingerprint density at radius 1 is 1.15 bits per heavy atom. The van der Waals surface area contributed by atoms with E-state index in [4.69, 9.17) is 23.8 Å². The molecule has 0 spiro atoms. The first kappa shape index (κ1) is 20.0. The Hall–Kier alpha value is -0.760. The maximum Gasteiger partial charge on any atom is 0.172 e. The lowest BCUT2D eigenvalue weighted by molar-refractivity contribution is 0.292. The van der Waals surface area contributed by atoms with Crippen molar-refractivity contribution in [3.8, 4) is 0 Å². The molecule has 1 fully saturated rings. The first-order valence-corrected chi connectivity index (χ1v) is 10.8. The van der Waals surface area contributed by atoms with Crippen LogP contribution in [0.15, 0.2) is 39.7 Å². The van der Waals surface area contributed by atoms with Crippen molar-refractivity contribution in [2.45, 2.75) is 37.5 Å². The molecule has 0 atom stereocenters. The van der Waals surface area contributed by atoms with Gasteiger partial charge in [-0.25, -0.2) is 9.97 Å². The Morgan fingerprint density at radius 2 is 1.85 bits per heavy atom. The third kappa shape index (κ3) is 4.94. The summed E-state index contributed by atoms with van der Waals surface area (Å²) in [5.41, 5.74) is 1.40. The highest BCUT2D eigenvalue weighted by molar-refractivity contribution is 9.11. The predicted molar refractivity (Wildman–Crippen MR) is 118 cm³/mol. The van der Waals surface area contributed by atoms with Crippen molar-refractivity contribution in [3.63, 3.8) is 0 Å². The SMILES string of the molecule is S=C(NCC1(c2ccc(Cl)cc2)CCCCC1)Nc1ncc(Br)nc1Br. The zero-order chi connectivity index (χ0) is 18.6. The summed E-state index contributed by atoms with van der Waals surface area (Å²) in [6.45, 7) is 0.780. The van der Waals surface area contributed by atoms with Crippen molar-refractivity contribution in [2.75, 3.05) is 11.9 Å². The highest BCUT2D eigenvalue weighted by atomic mass is 79.9. The molecule has 138 valence electrons. The molecule has 1 aliphatic rings. The van der Waals surface area contributed by atoms with E-state index in [9.17, 15) is 0 Å². The largest absolute Gasteiger partial charge is 0.362 e. The van der Waals surface area contributed by atoms with Crippen LogP contribution in [-0.4, -0.2) is 21.6 Å². The summed E-state index contributed by atoms with van der Waals surface area (Å²) < 4.78 is 1.28. The number of aromatic nitrogens is 2. The van der Waals surface area contributed by atoms with E-state index in [0.29, 0.717) is 20.1 Å². The maximum absolute atomic E-state index is 6.07. The summed E-state index contributed by atoms with van der Waals surface area (Å²) >= 11 is 18.2. The fraction of sp³-hybridized carbons (Fsp3) is 0.389. The molecule has 2 N–H and O–H groups in total. The average molecular weight is 519 g/mol. The van der Waals surface area contributed by atoms with Crippen molar-refractivity contribution >= 4 is 66.6 Å². The Balaban J connectivity index is 1.69. The lowest BCUT2D eigenvalue weighted by atomic mass is 9.69. The van der Waals surface area contributed by atoms with E-state index in [-0.39, 0.29) is 5.41 Å². The molecule has 4 nitrogen and oxygen atoms in total. The first-order valence-electron chi connectivity index (χ1n) is 8.47. The molecule has 1 aromatic heterocycles. The smallest absolute Gasteiger partial charge is 0.172 e. The highest BCUT2D eigenvalue weighted by Crippen LogP contribution is 2.39. The van der Waals surface area contributed by atoms with Crippen LogP contribution in [0.25, 0.3) is 0 Å². The summed E-state index contributed by atoms with van der Waals surface area (Å²) in [6.07, 6.45) is 7.67. The highest BCUT2D eigenvalue weighted by Gasteiger charge is 2.34. The van der Waals surface area contributed by atoms with Gasteiger partial charge in [0.1, 0.15) is 9.21 Å². The van der Waals surface area contributed by atoms with Gasteiger partial charge in [-0.1, -0.05) is 43.0 Å². The topological polar surface area (TPSA) is 49.8 Å². The van der Waals surface area contributed by atoms with Gasteiger partial charge in [-0.3, -0.25) is 0 Å². The Bertz CT molecular complexity index is 779. The molecule has 2 aromatic rings. The Morgan fingerprint density at radius 3 is 2.50 bits per heavy atom. The van der Waals surface area contributed by atoms with E-state index < -0.39 is 0 Å². The zero-order valence-electron chi connectivity index (χ0n) is 14.1. The molecule has 0 saturated heterocycles. The van der Waals surface area contributed by atoms with Crippen molar-refractivity contribution in [3.05, 3.63) is 50.3 Å². The van der Waals surface area contributed by atoms with E-state index in [0.717, 1.165) is 24.4 Å². The van der Waals surface area contributed by atoms with Gasteiger partial charge in [-0.05, 0) is 74.6 Å². The van der Waals surface area contributed by atoms with Crippen LogP contribution >= 0.6 is 55.7 Å². The number of nitrogens with one attached hydrogen (secondary N) is 2. The zero-order valence-corrected chi connectivity index (χ0v) is 18.8. The summed E-state index contributed by atoms with van der Waals surface area (Å²) in [7, 11) is 0. The third-order valence-corrected chi connectivity index (χ3v) is 6.22. The van der Waals surface area contributed by atoms with Gasteiger partial charge in [0.25, 0.3) is 0 Å². The fourth-order valence-corrected chi connectivity index (χ4v) is 4.64. The number of halogens is 3. The van der Waals surface area contributed by atoms with Crippen LogP contribution in [0.4, 0.5) is 5.82 Å². The van der Waals surface area contributed by atoms with E-state index in [1.54, 1.807) is 6.20 Å². The summed E-state index contributed by atoms with van der Waals surface area (Å²) in [5, 5.41) is 7.81. The van der Waals surface area contributed by atoms with Crippen molar-refractivity contribution in [1.82, 2.24) is 15.3 Å². The van der Waals surface area contributed by atoms with Gasteiger partial charge >= 0.3 is 0 Å². The molecule has 0 amide bonds.